The van der Waals surface area contributed by atoms with E-state index in [1.165, 1.54) is 10.4 Å². The predicted molar refractivity (Wildman–Crippen MR) is 90.7 cm³/mol. The molecule has 2 heterocycles. The summed E-state index contributed by atoms with van der Waals surface area (Å²) >= 11 is 10.6. The van der Waals surface area contributed by atoms with Gasteiger partial charge in [-0.2, -0.15) is 0 Å². The zero-order valence-corrected chi connectivity index (χ0v) is 15.5. The van der Waals surface area contributed by atoms with Gasteiger partial charge in [0.05, 0.1) is 25.6 Å². The quantitative estimate of drug-likeness (QED) is 0.667. The molecule has 0 amide bonds. The van der Waals surface area contributed by atoms with Gasteiger partial charge in [0.25, 0.3) is 0 Å². The van der Waals surface area contributed by atoms with Crippen molar-refractivity contribution in [2.24, 2.45) is 0 Å². The lowest BCUT2D eigenvalue weighted by atomic mass is 10.1. The SMILES string of the molecule is CCCNC(c1cc(Br)sc1Br)c1sccc1OC. The molecular formula is C13H15Br2NOS2. The maximum atomic E-state index is 5.46. The van der Waals surface area contributed by atoms with Gasteiger partial charge in [0.15, 0.2) is 0 Å². The Hall–Kier alpha value is 0.120. The van der Waals surface area contributed by atoms with Gasteiger partial charge < -0.3 is 10.1 Å². The van der Waals surface area contributed by atoms with Crippen molar-refractivity contribution in [3.63, 3.8) is 0 Å². The number of hydrogen-bond donors (Lipinski definition) is 1. The van der Waals surface area contributed by atoms with Gasteiger partial charge in [-0.3, -0.25) is 0 Å². The van der Waals surface area contributed by atoms with Crippen LogP contribution >= 0.6 is 54.5 Å². The van der Waals surface area contributed by atoms with Gasteiger partial charge >= 0.3 is 0 Å². The lowest BCUT2D eigenvalue weighted by Crippen LogP contribution is -2.22. The van der Waals surface area contributed by atoms with Crippen molar-refractivity contribution in [2.75, 3.05) is 13.7 Å². The molecule has 6 heteroatoms. The zero-order chi connectivity index (χ0) is 13.8. The van der Waals surface area contributed by atoms with Crippen LogP contribution in [0.2, 0.25) is 0 Å². The summed E-state index contributed by atoms with van der Waals surface area (Å²) in [4.78, 5) is 1.22. The van der Waals surface area contributed by atoms with Crippen molar-refractivity contribution in [3.05, 3.63) is 35.5 Å². The summed E-state index contributed by atoms with van der Waals surface area (Å²) in [6, 6.07) is 4.36. The molecule has 0 saturated heterocycles. The van der Waals surface area contributed by atoms with Gasteiger partial charge in [0, 0.05) is 5.56 Å². The zero-order valence-electron chi connectivity index (χ0n) is 10.7. The van der Waals surface area contributed by atoms with Crippen LogP contribution in [0.3, 0.4) is 0 Å². The molecule has 0 aromatic carbocycles. The van der Waals surface area contributed by atoms with Crippen molar-refractivity contribution >= 4 is 54.5 Å². The lowest BCUT2D eigenvalue weighted by Gasteiger charge is -2.18. The molecule has 0 aliphatic heterocycles. The summed E-state index contributed by atoms with van der Waals surface area (Å²) in [7, 11) is 1.72. The molecule has 0 spiro atoms. The van der Waals surface area contributed by atoms with Crippen LogP contribution in [0.1, 0.15) is 29.8 Å². The van der Waals surface area contributed by atoms with E-state index >= 15 is 0 Å². The highest BCUT2D eigenvalue weighted by molar-refractivity contribution is 9.12. The molecule has 104 valence electrons. The van der Waals surface area contributed by atoms with Gasteiger partial charge in [0.1, 0.15) is 5.75 Å². The standard InChI is InChI=1S/C13H15Br2NOS2/c1-3-5-16-11(8-7-10(14)19-13(8)15)12-9(17-2)4-6-18-12/h4,6-7,11,16H,3,5H2,1-2H3. The van der Waals surface area contributed by atoms with Gasteiger partial charge in [-0.25, -0.2) is 0 Å². The van der Waals surface area contributed by atoms with Gasteiger partial charge in [0.2, 0.25) is 0 Å². The van der Waals surface area contributed by atoms with E-state index < -0.39 is 0 Å². The first-order valence-corrected chi connectivity index (χ1v) is 9.25. The third-order valence-electron chi connectivity index (χ3n) is 2.73. The molecule has 1 N–H and O–H groups in total. The summed E-state index contributed by atoms with van der Waals surface area (Å²) in [6.07, 6.45) is 1.10. The van der Waals surface area contributed by atoms with Crippen LogP contribution in [0.15, 0.2) is 25.1 Å². The Balaban J connectivity index is 2.38. The fourth-order valence-corrected chi connectivity index (χ4v) is 5.72. The van der Waals surface area contributed by atoms with Gasteiger partial charge in [-0.05, 0) is 62.3 Å². The van der Waals surface area contributed by atoms with E-state index in [2.05, 4.69) is 55.5 Å². The summed E-state index contributed by atoms with van der Waals surface area (Å²) < 4.78 is 7.75. The van der Waals surface area contributed by atoms with Crippen molar-refractivity contribution < 1.29 is 4.74 Å². The van der Waals surface area contributed by atoms with E-state index in [9.17, 15) is 0 Å². The molecule has 2 nitrogen and oxygen atoms in total. The molecule has 1 atom stereocenters. The molecule has 0 fully saturated rings. The van der Waals surface area contributed by atoms with E-state index in [0.717, 1.165) is 26.3 Å². The number of thiophene rings is 2. The summed E-state index contributed by atoms with van der Waals surface area (Å²) in [6.45, 7) is 3.15. The largest absolute Gasteiger partial charge is 0.496 e. The molecular weight excluding hydrogens is 410 g/mol. The molecule has 0 bridgehead atoms. The van der Waals surface area contributed by atoms with E-state index in [1.807, 2.05) is 6.07 Å². The summed E-state index contributed by atoms with van der Waals surface area (Å²) in [5.41, 5.74) is 1.26. The minimum atomic E-state index is 0.173. The molecule has 0 radical (unpaired) electrons. The Labute approximate surface area is 138 Å². The molecule has 2 aromatic heterocycles. The Morgan fingerprint density at radius 1 is 1.42 bits per heavy atom. The minimum Gasteiger partial charge on any atom is -0.496 e. The first-order chi connectivity index (χ1) is 9.17. The van der Waals surface area contributed by atoms with Crippen LogP contribution in [0.4, 0.5) is 0 Å². The highest BCUT2D eigenvalue weighted by atomic mass is 79.9. The van der Waals surface area contributed by atoms with Crippen LogP contribution < -0.4 is 10.1 Å². The summed E-state index contributed by atoms with van der Waals surface area (Å²) in [5, 5.41) is 5.68. The normalized spacial score (nSPS) is 12.6. The second-order valence-corrected chi connectivity index (χ2v) is 8.72. The van der Waals surface area contributed by atoms with Crippen molar-refractivity contribution in [1.29, 1.82) is 0 Å². The van der Waals surface area contributed by atoms with Crippen molar-refractivity contribution in [2.45, 2.75) is 19.4 Å². The molecule has 1 unspecified atom stereocenters. The van der Waals surface area contributed by atoms with Crippen LogP contribution in [-0.2, 0) is 0 Å². The second kappa shape index (κ2) is 7.22. The number of rotatable bonds is 6. The average Bonchev–Trinajstić information content (AvgIpc) is 2.97. The molecule has 2 rings (SSSR count). The van der Waals surface area contributed by atoms with Gasteiger partial charge in [-0.15, -0.1) is 22.7 Å². The lowest BCUT2D eigenvalue weighted by molar-refractivity contribution is 0.407. The first-order valence-electron chi connectivity index (χ1n) is 5.96. The Morgan fingerprint density at radius 3 is 2.79 bits per heavy atom. The number of hydrogen-bond acceptors (Lipinski definition) is 4. The number of methoxy groups -OCH3 is 1. The Kier molecular flexibility index (Phi) is 5.89. The van der Waals surface area contributed by atoms with E-state index in [4.69, 9.17) is 4.74 Å². The Morgan fingerprint density at radius 2 is 2.21 bits per heavy atom. The van der Waals surface area contributed by atoms with E-state index in [-0.39, 0.29) is 6.04 Å². The van der Waals surface area contributed by atoms with Gasteiger partial charge in [-0.1, -0.05) is 6.92 Å². The van der Waals surface area contributed by atoms with Crippen LogP contribution in [0.5, 0.6) is 5.75 Å². The van der Waals surface area contributed by atoms with E-state index in [0.29, 0.717) is 0 Å². The van der Waals surface area contributed by atoms with E-state index in [1.54, 1.807) is 29.8 Å². The number of halogens is 2. The highest BCUT2D eigenvalue weighted by Gasteiger charge is 2.22. The summed E-state index contributed by atoms with van der Waals surface area (Å²) in [5.74, 6) is 0.952. The molecule has 2 aromatic rings. The topological polar surface area (TPSA) is 21.3 Å². The number of ether oxygens (including phenoxy) is 1. The molecule has 0 aliphatic carbocycles. The monoisotopic (exact) mass is 423 g/mol. The smallest absolute Gasteiger partial charge is 0.134 e. The first kappa shape index (κ1) is 15.5. The maximum absolute atomic E-state index is 5.46. The third kappa shape index (κ3) is 3.61. The average molecular weight is 425 g/mol. The fraction of sp³-hybridized carbons (Fsp3) is 0.385. The second-order valence-electron chi connectivity index (χ2n) is 4.02. The van der Waals surface area contributed by atoms with Crippen LogP contribution in [0.25, 0.3) is 0 Å². The maximum Gasteiger partial charge on any atom is 0.134 e. The van der Waals surface area contributed by atoms with Crippen LogP contribution in [0, 0.1) is 0 Å². The third-order valence-corrected chi connectivity index (χ3v) is 6.08. The highest BCUT2D eigenvalue weighted by Crippen LogP contribution is 2.42. The van der Waals surface area contributed by atoms with Crippen molar-refractivity contribution in [3.8, 4) is 5.75 Å². The number of nitrogens with one attached hydrogen (secondary N) is 1. The molecule has 0 aliphatic rings. The van der Waals surface area contributed by atoms with Crippen LogP contribution in [-0.4, -0.2) is 13.7 Å². The predicted octanol–water partition coefficient (Wildman–Crippen LogP) is 5.43. The minimum absolute atomic E-state index is 0.173. The molecule has 19 heavy (non-hydrogen) atoms. The molecule has 0 saturated carbocycles. The van der Waals surface area contributed by atoms with Crippen molar-refractivity contribution in [1.82, 2.24) is 5.32 Å². The Bertz CT molecular complexity index is 538. The fourth-order valence-electron chi connectivity index (χ4n) is 1.87.